The van der Waals surface area contributed by atoms with Crippen LogP contribution in [0.15, 0.2) is 54.6 Å². The summed E-state index contributed by atoms with van der Waals surface area (Å²) >= 11 is 0. The zero-order chi connectivity index (χ0) is 14.8. The molecular weight excluding hydrogens is 270 g/mol. The van der Waals surface area contributed by atoms with Crippen LogP contribution in [0.4, 0.5) is 28.4 Å². The van der Waals surface area contributed by atoms with Crippen molar-refractivity contribution in [2.45, 2.75) is 0 Å². The Balaban J connectivity index is 1.93. The van der Waals surface area contributed by atoms with Gasteiger partial charge in [-0.05, 0) is 27.5 Å². The first kappa shape index (κ1) is 11.7. The van der Waals surface area contributed by atoms with Gasteiger partial charge in [-0.25, -0.2) is 0 Å². The molecule has 0 bridgehead atoms. The normalized spacial score (nSPS) is 14.5. The molecule has 3 aromatic rings. The molecule has 0 saturated heterocycles. The van der Waals surface area contributed by atoms with E-state index in [1.54, 1.807) is 0 Å². The number of rotatable bonds is 0. The first-order valence-corrected chi connectivity index (χ1v) is 7.44. The van der Waals surface area contributed by atoms with Crippen LogP contribution in [0.3, 0.4) is 0 Å². The topological polar surface area (TPSA) is 9.26 Å². The molecule has 5 rings (SSSR count). The average Bonchev–Trinajstić information content (AvgIpc) is 2.89. The number of hydrogen-bond donors (Lipinski definition) is 0. The molecule has 0 atom stereocenters. The lowest BCUT2D eigenvalue weighted by atomic mass is 10.0. The molecule has 0 radical (unpaired) electrons. The van der Waals surface area contributed by atoms with Crippen molar-refractivity contribution in [2.75, 3.05) is 19.0 Å². The van der Waals surface area contributed by atoms with Crippen LogP contribution in [0.5, 0.6) is 0 Å². The predicted octanol–water partition coefficient (Wildman–Crippen LogP) is 4.22. The van der Waals surface area contributed by atoms with Gasteiger partial charge in [-0.1, -0.05) is 34.9 Å². The van der Waals surface area contributed by atoms with Gasteiger partial charge >= 0.3 is 11.7 Å². The van der Waals surface area contributed by atoms with Crippen LogP contribution >= 0.6 is 0 Å². The maximum atomic E-state index is 3.44. The highest BCUT2D eigenvalue weighted by molar-refractivity contribution is 6.00. The summed E-state index contributed by atoms with van der Waals surface area (Å²) in [5.74, 6) is 0. The van der Waals surface area contributed by atoms with Gasteiger partial charge in [0.15, 0.2) is 7.05 Å². The van der Waals surface area contributed by atoms with Crippen molar-refractivity contribution < 1.29 is 4.58 Å². The van der Waals surface area contributed by atoms with Crippen LogP contribution in [0.25, 0.3) is 10.8 Å². The largest absolute Gasteiger partial charge is 0.496 e. The Morgan fingerprint density at radius 3 is 2.45 bits per heavy atom. The number of para-hydroxylation sites is 1. The summed E-state index contributed by atoms with van der Waals surface area (Å²) in [5, 5.41) is 2.52. The van der Waals surface area contributed by atoms with Crippen molar-refractivity contribution in [3.8, 4) is 0 Å². The summed E-state index contributed by atoms with van der Waals surface area (Å²) in [6, 6.07) is 22.9. The molecule has 2 aliphatic rings. The lowest BCUT2D eigenvalue weighted by molar-refractivity contribution is -0.394. The van der Waals surface area contributed by atoms with Crippen molar-refractivity contribution in [1.82, 2.24) is 4.58 Å². The van der Waals surface area contributed by atoms with Gasteiger partial charge < -0.3 is 4.90 Å². The molecule has 3 nitrogen and oxygen atoms in total. The standard InChI is InChI=1S/C19H15N3/c1-20-12-22-18-11-14-7-4-3-6-13(14)10-17(18)21(2)16-9-5-8-15(20)19(16)22/h3-11H,1-2H3/q+2. The van der Waals surface area contributed by atoms with E-state index in [4.69, 9.17) is 0 Å². The highest BCUT2D eigenvalue weighted by atomic mass is 15.3. The third-order valence-electron chi connectivity index (χ3n) is 4.63. The minimum atomic E-state index is 1.19. The van der Waals surface area contributed by atoms with E-state index in [0.717, 1.165) is 0 Å². The zero-order valence-corrected chi connectivity index (χ0v) is 12.5. The van der Waals surface area contributed by atoms with Gasteiger partial charge in [0.25, 0.3) is 11.4 Å². The van der Waals surface area contributed by atoms with Crippen LogP contribution in [0.2, 0.25) is 0 Å². The highest BCUT2D eigenvalue weighted by Gasteiger charge is 2.42. The van der Waals surface area contributed by atoms with Crippen molar-refractivity contribution in [3.05, 3.63) is 54.6 Å². The van der Waals surface area contributed by atoms with E-state index in [0.29, 0.717) is 0 Å². The molecule has 0 fully saturated rings. The Bertz CT molecular complexity index is 1040. The zero-order valence-electron chi connectivity index (χ0n) is 12.5. The van der Waals surface area contributed by atoms with Gasteiger partial charge in [-0.15, -0.1) is 0 Å². The summed E-state index contributed by atoms with van der Waals surface area (Å²) in [5.41, 5.74) is 6.03. The van der Waals surface area contributed by atoms with Crippen molar-refractivity contribution >= 4 is 45.2 Å². The van der Waals surface area contributed by atoms with Crippen molar-refractivity contribution in [2.24, 2.45) is 0 Å². The number of nitrogens with zero attached hydrogens (tertiary/aromatic N) is 3. The maximum absolute atomic E-state index is 3.44. The molecule has 3 heteroatoms. The van der Waals surface area contributed by atoms with E-state index >= 15 is 0 Å². The lowest BCUT2D eigenvalue weighted by Gasteiger charge is -2.24. The average molecular weight is 285 g/mol. The van der Waals surface area contributed by atoms with Gasteiger partial charge in [0.2, 0.25) is 0 Å². The SMILES string of the molecule is CN1c2cc3ccccc3cc2[N+]2=C=[N+](C)c3cccc1c32. The summed E-state index contributed by atoms with van der Waals surface area (Å²) in [6.45, 7) is 0. The Morgan fingerprint density at radius 2 is 1.64 bits per heavy atom. The Morgan fingerprint density at radius 1 is 0.864 bits per heavy atom. The quantitative estimate of drug-likeness (QED) is 0.562. The van der Waals surface area contributed by atoms with E-state index in [1.165, 1.54) is 39.2 Å². The first-order valence-electron chi connectivity index (χ1n) is 7.44. The molecule has 0 saturated carbocycles. The fourth-order valence-electron chi connectivity index (χ4n) is 3.51. The summed E-state index contributed by atoms with van der Waals surface area (Å²) in [4.78, 5) is 2.28. The molecule has 0 spiro atoms. The minimum Gasteiger partial charge on any atom is -0.333 e. The van der Waals surface area contributed by atoms with Gasteiger partial charge in [0, 0.05) is 19.2 Å². The molecule has 2 aliphatic heterocycles. The van der Waals surface area contributed by atoms with Crippen LogP contribution in [0, 0.1) is 0 Å². The van der Waals surface area contributed by atoms with E-state index in [2.05, 4.69) is 88.8 Å². The van der Waals surface area contributed by atoms with E-state index in [-0.39, 0.29) is 0 Å². The molecule has 104 valence electrons. The molecule has 0 aliphatic carbocycles. The smallest absolute Gasteiger partial charge is 0.333 e. The molecule has 0 aromatic heterocycles. The Hall–Kier alpha value is -2.90. The molecular formula is C19H15N3+2. The van der Waals surface area contributed by atoms with E-state index in [9.17, 15) is 0 Å². The predicted molar refractivity (Wildman–Crippen MR) is 90.8 cm³/mol. The Labute approximate surface area is 128 Å². The summed E-state index contributed by atoms with van der Waals surface area (Å²) in [6.07, 6.45) is 0. The van der Waals surface area contributed by atoms with Gasteiger partial charge in [0.05, 0.1) is 0 Å². The number of benzene rings is 3. The minimum absolute atomic E-state index is 1.19. The molecule has 3 aromatic carbocycles. The summed E-state index contributed by atoms with van der Waals surface area (Å²) in [7, 11) is 4.19. The van der Waals surface area contributed by atoms with E-state index < -0.39 is 0 Å². The fraction of sp³-hybridized carbons (Fsp3) is 0.105. The lowest BCUT2D eigenvalue weighted by Crippen LogP contribution is -2.19. The Kier molecular flexibility index (Phi) is 2.05. The highest BCUT2D eigenvalue weighted by Crippen LogP contribution is 2.50. The maximum Gasteiger partial charge on any atom is 0.496 e. The second-order valence-electron chi connectivity index (χ2n) is 5.89. The van der Waals surface area contributed by atoms with Crippen LogP contribution < -0.4 is 9.48 Å². The van der Waals surface area contributed by atoms with Crippen LogP contribution in [0.1, 0.15) is 0 Å². The fourth-order valence-corrected chi connectivity index (χ4v) is 3.51. The molecule has 2 heterocycles. The van der Waals surface area contributed by atoms with Crippen LogP contribution in [-0.2, 0) is 0 Å². The molecule has 0 amide bonds. The number of hydrogen-bond acceptors (Lipinski definition) is 1. The van der Waals surface area contributed by atoms with Crippen LogP contribution in [-0.4, -0.2) is 24.7 Å². The third-order valence-corrected chi connectivity index (χ3v) is 4.63. The molecule has 0 N–H and O–H groups in total. The second kappa shape index (κ2) is 3.85. The monoisotopic (exact) mass is 285 g/mol. The van der Waals surface area contributed by atoms with Gasteiger partial charge in [0.1, 0.15) is 11.4 Å². The first-order chi connectivity index (χ1) is 10.7. The van der Waals surface area contributed by atoms with E-state index in [1.807, 2.05) is 0 Å². The summed E-state index contributed by atoms with van der Waals surface area (Å²) < 4.78 is 4.25. The number of anilines is 2. The second-order valence-corrected chi connectivity index (χ2v) is 5.89. The van der Waals surface area contributed by atoms with Gasteiger partial charge in [-0.2, -0.15) is 0 Å². The number of fused-ring (bicyclic) bond motifs is 3. The van der Waals surface area contributed by atoms with Crippen molar-refractivity contribution in [3.63, 3.8) is 0 Å². The third kappa shape index (κ3) is 1.31. The molecule has 0 unspecified atom stereocenters. The van der Waals surface area contributed by atoms with Gasteiger partial charge in [-0.3, -0.25) is 0 Å². The van der Waals surface area contributed by atoms with Crippen molar-refractivity contribution in [1.29, 1.82) is 0 Å². The molecule has 22 heavy (non-hydrogen) atoms.